The van der Waals surface area contributed by atoms with Crippen LogP contribution in [0.5, 0.6) is 0 Å². The van der Waals surface area contributed by atoms with Crippen molar-refractivity contribution >= 4 is 17.9 Å². The molecule has 5 aliphatic rings. The van der Waals surface area contributed by atoms with Gasteiger partial charge in [-0.3, -0.25) is 9.59 Å². The molecule has 0 saturated heterocycles. The Kier molecular flexibility index (Phi) is 9.18. The summed E-state index contributed by atoms with van der Waals surface area (Å²) in [6.07, 6.45) is 10.1. The lowest BCUT2D eigenvalue weighted by Gasteiger charge is -2.72. The Morgan fingerprint density at radius 2 is 1.54 bits per heavy atom. The maximum absolute atomic E-state index is 14.4. The molecule has 5 saturated carbocycles. The molecule has 0 amide bonds. The standard InChI is InChI=1S/C37H63N3O6/c1-22(2)24-11-16-37(30(44)45-21-36(19-41,20-42)40-31(38)39)18-17-34(7)25(29(24)37)9-10-27-33(6)14-13-28(46-23(3)43)32(4,5)26(33)12-15-35(27,34)8/h22,24-29,41-42H,9-21H2,1-8H3,(H4,38,39,40)/t24-,25+,26-,27+,28-,29+,33-,34+,35+,37-/m0/s1. The third-order valence-corrected chi connectivity index (χ3v) is 15.4. The lowest BCUT2D eigenvalue weighted by molar-refractivity contribution is -0.252. The van der Waals surface area contributed by atoms with E-state index >= 15 is 0 Å². The smallest absolute Gasteiger partial charge is 0.312 e. The van der Waals surface area contributed by atoms with Crippen molar-refractivity contribution in [1.82, 2.24) is 0 Å². The maximum atomic E-state index is 14.4. The Labute approximate surface area is 277 Å². The first-order valence-electron chi connectivity index (χ1n) is 18.0. The Morgan fingerprint density at radius 3 is 2.13 bits per heavy atom. The molecule has 46 heavy (non-hydrogen) atoms. The van der Waals surface area contributed by atoms with Crippen LogP contribution in [0.25, 0.3) is 0 Å². The van der Waals surface area contributed by atoms with Crippen LogP contribution < -0.4 is 11.5 Å². The Hall–Kier alpha value is -1.87. The number of esters is 2. The summed E-state index contributed by atoms with van der Waals surface area (Å²) >= 11 is 0. The summed E-state index contributed by atoms with van der Waals surface area (Å²) in [6.45, 7) is 17.2. The summed E-state index contributed by atoms with van der Waals surface area (Å²) in [5.74, 6) is 1.93. The van der Waals surface area contributed by atoms with Gasteiger partial charge in [0.1, 0.15) is 18.2 Å². The molecule has 10 atom stereocenters. The average molecular weight is 646 g/mol. The Bertz CT molecular complexity index is 1210. The van der Waals surface area contributed by atoms with E-state index in [9.17, 15) is 19.8 Å². The van der Waals surface area contributed by atoms with E-state index in [0.29, 0.717) is 29.6 Å². The van der Waals surface area contributed by atoms with Crippen molar-refractivity contribution in [2.45, 2.75) is 131 Å². The lowest BCUT2D eigenvalue weighted by Crippen LogP contribution is -2.67. The van der Waals surface area contributed by atoms with E-state index in [4.69, 9.17) is 20.9 Å². The van der Waals surface area contributed by atoms with Gasteiger partial charge < -0.3 is 31.2 Å². The van der Waals surface area contributed by atoms with E-state index in [1.807, 2.05) is 0 Å². The van der Waals surface area contributed by atoms with Crippen molar-refractivity contribution in [3.8, 4) is 0 Å². The number of aliphatic imine (C=N–C) groups is 1. The lowest BCUT2D eigenvalue weighted by atomic mass is 9.32. The molecular weight excluding hydrogens is 582 g/mol. The first kappa shape index (κ1) is 35.4. The molecule has 9 heteroatoms. The molecule has 5 fully saturated rings. The number of nitrogens with two attached hydrogens (primary N) is 2. The number of fused-ring (bicyclic) bond motifs is 7. The van der Waals surface area contributed by atoms with Gasteiger partial charge in [0.15, 0.2) is 5.96 Å². The van der Waals surface area contributed by atoms with Gasteiger partial charge in [0.05, 0.1) is 18.6 Å². The summed E-state index contributed by atoms with van der Waals surface area (Å²) in [5, 5.41) is 20.1. The van der Waals surface area contributed by atoms with E-state index in [-0.39, 0.29) is 58.2 Å². The first-order valence-corrected chi connectivity index (χ1v) is 18.0. The molecule has 0 bridgehead atoms. The van der Waals surface area contributed by atoms with Crippen LogP contribution in [0.4, 0.5) is 0 Å². The summed E-state index contributed by atoms with van der Waals surface area (Å²) in [6, 6.07) is 0. The molecule has 262 valence electrons. The highest BCUT2D eigenvalue weighted by Crippen LogP contribution is 2.77. The first-order chi connectivity index (χ1) is 21.4. The third kappa shape index (κ3) is 5.11. The van der Waals surface area contributed by atoms with Crippen molar-refractivity contribution in [2.75, 3.05) is 19.8 Å². The monoisotopic (exact) mass is 645 g/mol. The van der Waals surface area contributed by atoms with Crippen LogP contribution in [-0.2, 0) is 19.1 Å². The SMILES string of the molecule is CC(=O)O[C@H]1CC[C@]2(C)[C@H]3CC[C@@H]4[C@H]5[C@H](C(C)C)CC[C@]5(C(=O)OCC(CO)(CO)N=C(N)N)CC[C@@]4(C)[C@]3(C)CC[C@H]2C1(C)C. The van der Waals surface area contributed by atoms with E-state index < -0.39 is 24.2 Å². The largest absolute Gasteiger partial charge is 0.462 e. The van der Waals surface area contributed by atoms with Crippen LogP contribution in [0.1, 0.15) is 120 Å². The molecule has 0 radical (unpaired) electrons. The zero-order chi connectivity index (χ0) is 34.1. The zero-order valence-corrected chi connectivity index (χ0v) is 29.9. The molecule has 0 heterocycles. The van der Waals surface area contributed by atoms with Crippen molar-refractivity contribution in [2.24, 2.45) is 79.0 Å². The number of aliphatic hydroxyl groups excluding tert-OH is 2. The summed E-state index contributed by atoms with van der Waals surface area (Å²) < 4.78 is 12.0. The zero-order valence-electron chi connectivity index (χ0n) is 29.9. The normalized spacial score (nSPS) is 43.0. The van der Waals surface area contributed by atoms with Gasteiger partial charge in [-0.25, -0.2) is 4.99 Å². The van der Waals surface area contributed by atoms with Crippen LogP contribution in [0.2, 0.25) is 0 Å². The summed E-state index contributed by atoms with van der Waals surface area (Å²) in [4.78, 5) is 30.4. The van der Waals surface area contributed by atoms with E-state index in [1.54, 1.807) is 0 Å². The van der Waals surface area contributed by atoms with E-state index in [0.717, 1.165) is 64.2 Å². The number of nitrogens with zero attached hydrogens (tertiary/aromatic N) is 1. The summed E-state index contributed by atoms with van der Waals surface area (Å²) in [7, 11) is 0. The fourth-order valence-corrected chi connectivity index (χ4v) is 13.0. The van der Waals surface area contributed by atoms with Gasteiger partial charge in [-0.15, -0.1) is 0 Å². The van der Waals surface area contributed by atoms with Crippen molar-refractivity contribution < 1.29 is 29.3 Å². The van der Waals surface area contributed by atoms with Gasteiger partial charge in [-0.2, -0.15) is 0 Å². The molecule has 0 unspecified atom stereocenters. The second kappa shape index (κ2) is 11.9. The molecule has 0 spiro atoms. The topological polar surface area (TPSA) is 157 Å². The van der Waals surface area contributed by atoms with Gasteiger partial charge in [0.25, 0.3) is 0 Å². The number of hydrogen-bond acceptors (Lipinski definition) is 7. The number of hydrogen-bond donors (Lipinski definition) is 4. The minimum atomic E-state index is -1.46. The highest BCUT2D eigenvalue weighted by molar-refractivity contribution is 5.79. The van der Waals surface area contributed by atoms with Gasteiger partial charge in [-0.1, -0.05) is 48.5 Å². The molecule has 0 aliphatic heterocycles. The van der Waals surface area contributed by atoms with Crippen LogP contribution in [0, 0.1) is 62.6 Å². The van der Waals surface area contributed by atoms with Crippen LogP contribution in [0.15, 0.2) is 4.99 Å². The molecule has 5 rings (SSSR count). The highest BCUT2D eigenvalue weighted by atomic mass is 16.5. The van der Waals surface area contributed by atoms with Gasteiger partial charge in [0.2, 0.25) is 0 Å². The Balaban J connectivity index is 1.46. The fraction of sp³-hybridized carbons (Fsp3) is 0.919. The maximum Gasteiger partial charge on any atom is 0.312 e. The molecular formula is C37H63N3O6. The fourth-order valence-electron chi connectivity index (χ4n) is 13.0. The van der Waals surface area contributed by atoms with Crippen LogP contribution >= 0.6 is 0 Å². The van der Waals surface area contributed by atoms with Crippen molar-refractivity contribution in [1.29, 1.82) is 0 Å². The predicted octanol–water partition coefficient (Wildman–Crippen LogP) is 5.20. The number of guanidine groups is 1. The number of carbonyl (C=O) groups excluding carboxylic acids is 2. The van der Waals surface area contributed by atoms with Crippen LogP contribution in [-0.4, -0.2) is 59.6 Å². The molecule has 6 N–H and O–H groups in total. The Morgan fingerprint density at radius 1 is 0.870 bits per heavy atom. The minimum Gasteiger partial charge on any atom is -0.462 e. The van der Waals surface area contributed by atoms with E-state index in [2.05, 4.69) is 53.5 Å². The van der Waals surface area contributed by atoms with Crippen LogP contribution in [0.3, 0.4) is 0 Å². The third-order valence-electron chi connectivity index (χ3n) is 15.4. The second-order valence-electron chi connectivity index (χ2n) is 17.9. The average Bonchev–Trinajstić information content (AvgIpc) is 3.38. The summed E-state index contributed by atoms with van der Waals surface area (Å²) in [5.41, 5.74) is 9.50. The highest BCUT2D eigenvalue weighted by Gasteiger charge is 2.72. The second-order valence-corrected chi connectivity index (χ2v) is 17.9. The molecule has 0 aromatic rings. The molecule has 5 aliphatic carbocycles. The minimum absolute atomic E-state index is 0.0339. The molecule has 0 aromatic carbocycles. The number of carbonyl (C=O) groups is 2. The van der Waals surface area contributed by atoms with Crippen molar-refractivity contribution in [3.05, 3.63) is 0 Å². The van der Waals surface area contributed by atoms with Gasteiger partial charge >= 0.3 is 11.9 Å². The predicted molar refractivity (Wildman–Crippen MR) is 178 cm³/mol. The molecule has 9 nitrogen and oxygen atoms in total. The number of rotatable bonds is 8. The van der Waals surface area contributed by atoms with Gasteiger partial charge in [-0.05, 0) is 116 Å². The molecule has 0 aromatic heterocycles. The van der Waals surface area contributed by atoms with Crippen molar-refractivity contribution in [3.63, 3.8) is 0 Å². The van der Waals surface area contributed by atoms with E-state index in [1.165, 1.54) is 6.92 Å². The number of ether oxygens (including phenoxy) is 2. The number of aliphatic hydroxyl groups is 2. The van der Waals surface area contributed by atoms with Gasteiger partial charge in [0, 0.05) is 12.3 Å². The quantitative estimate of drug-likeness (QED) is 0.159.